The number of methoxy groups -OCH3 is 1. The fourth-order valence-corrected chi connectivity index (χ4v) is 2.01. The summed E-state index contributed by atoms with van der Waals surface area (Å²) in [4.78, 5) is 22.9. The molecule has 7 heteroatoms. The Balaban J connectivity index is 2.06. The van der Waals surface area contributed by atoms with E-state index in [-0.39, 0.29) is 34.6 Å². The van der Waals surface area contributed by atoms with E-state index in [1.807, 2.05) is 0 Å². The number of aromatic carboxylic acids is 1. The Bertz CT molecular complexity index is 557. The molecule has 0 saturated heterocycles. The van der Waals surface area contributed by atoms with Gasteiger partial charge in [0.05, 0.1) is 7.11 Å². The second kappa shape index (κ2) is 6.67. The van der Waals surface area contributed by atoms with E-state index in [1.54, 1.807) is 0 Å². The van der Waals surface area contributed by atoms with Crippen molar-refractivity contribution in [3.8, 4) is 11.5 Å². The smallest absolute Gasteiger partial charge is 0.339 e. The van der Waals surface area contributed by atoms with Gasteiger partial charge in [0.25, 0.3) is 5.91 Å². The third kappa shape index (κ3) is 4.26. The second-order valence-corrected chi connectivity index (χ2v) is 5.26. The number of nitrogens with one attached hydrogen (secondary N) is 1. The van der Waals surface area contributed by atoms with Crippen LogP contribution in [-0.4, -0.2) is 37.2 Å². The predicted octanol–water partition coefficient (Wildman–Crippen LogP) is 1.95. The average Bonchev–Trinajstić information content (AvgIpc) is 3.26. The van der Waals surface area contributed by atoms with E-state index in [4.69, 9.17) is 26.2 Å². The average molecular weight is 314 g/mol. The fraction of sp³-hybridized carbons (Fsp3) is 0.429. The van der Waals surface area contributed by atoms with Crippen molar-refractivity contribution in [3.05, 3.63) is 22.7 Å². The minimum atomic E-state index is -1.20. The molecule has 1 amide bonds. The van der Waals surface area contributed by atoms with Gasteiger partial charge in [0.2, 0.25) is 0 Å². The van der Waals surface area contributed by atoms with E-state index in [9.17, 15) is 9.59 Å². The molecular weight excluding hydrogens is 298 g/mol. The Morgan fingerprint density at radius 2 is 2.14 bits per heavy atom. The molecule has 0 spiro atoms. The van der Waals surface area contributed by atoms with Crippen LogP contribution in [0, 0.1) is 5.92 Å². The lowest BCUT2D eigenvalue weighted by atomic mass is 10.2. The van der Waals surface area contributed by atoms with Crippen LogP contribution in [0.3, 0.4) is 0 Å². The number of rotatable bonds is 7. The summed E-state index contributed by atoms with van der Waals surface area (Å²) in [6.07, 6.45) is 2.27. The first-order valence-corrected chi connectivity index (χ1v) is 6.89. The van der Waals surface area contributed by atoms with Crippen LogP contribution in [0.15, 0.2) is 12.1 Å². The van der Waals surface area contributed by atoms with Crippen LogP contribution < -0.4 is 14.8 Å². The number of hydrogen-bond donors (Lipinski definition) is 2. The molecule has 1 aliphatic rings. The summed E-state index contributed by atoms with van der Waals surface area (Å²) in [5.41, 5.74) is -0.144. The monoisotopic (exact) mass is 313 g/mol. The van der Waals surface area contributed by atoms with Gasteiger partial charge in [-0.25, -0.2) is 4.79 Å². The van der Waals surface area contributed by atoms with Crippen molar-refractivity contribution < 1.29 is 24.2 Å². The van der Waals surface area contributed by atoms with E-state index in [1.165, 1.54) is 19.2 Å². The van der Waals surface area contributed by atoms with Gasteiger partial charge in [-0.05, 0) is 24.8 Å². The number of carbonyl (C=O) groups excluding carboxylic acids is 1. The Hall–Kier alpha value is -1.95. The van der Waals surface area contributed by atoms with Gasteiger partial charge < -0.3 is 19.9 Å². The number of carbonyl (C=O) groups is 2. The highest BCUT2D eigenvalue weighted by Crippen LogP contribution is 2.34. The molecular formula is C14H16ClNO5. The summed E-state index contributed by atoms with van der Waals surface area (Å²) < 4.78 is 10.4. The fourth-order valence-electron chi connectivity index (χ4n) is 1.80. The van der Waals surface area contributed by atoms with Crippen molar-refractivity contribution in [1.29, 1.82) is 0 Å². The summed E-state index contributed by atoms with van der Waals surface area (Å²) in [7, 11) is 1.37. The van der Waals surface area contributed by atoms with Crippen LogP contribution >= 0.6 is 11.6 Å². The van der Waals surface area contributed by atoms with Crippen molar-refractivity contribution in [1.82, 2.24) is 5.32 Å². The molecule has 0 aliphatic heterocycles. The van der Waals surface area contributed by atoms with Crippen molar-refractivity contribution in [2.24, 2.45) is 5.92 Å². The van der Waals surface area contributed by atoms with Crippen LogP contribution in [0.25, 0.3) is 0 Å². The molecule has 1 aliphatic carbocycles. The predicted molar refractivity (Wildman–Crippen MR) is 76.2 cm³/mol. The Kier molecular flexibility index (Phi) is 4.90. The highest BCUT2D eigenvalue weighted by Gasteiger charge is 2.22. The molecule has 1 saturated carbocycles. The first-order valence-electron chi connectivity index (χ1n) is 6.51. The van der Waals surface area contributed by atoms with Gasteiger partial charge in [0.15, 0.2) is 18.1 Å². The maximum atomic E-state index is 11.6. The number of amides is 1. The number of halogens is 1. The molecule has 21 heavy (non-hydrogen) atoms. The van der Waals surface area contributed by atoms with Gasteiger partial charge in [-0.1, -0.05) is 11.6 Å². The molecule has 0 heterocycles. The van der Waals surface area contributed by atoms with E-state index in [0.29, 0.717) is 12.5 Å². The van der Waals surface area contributed by atoms with E-state index in [2.05, 4.69) is 5.32 Å². The highest BCUT2D eigenvalue weighted by atomic mass is 35.5. The first-order chi connectivity index (χ1) is 10.0. The summed E-state index contributed by atoms with van der Waals surface area (Å²) >= 11 is 5.82. The quantitative estimate of drug-likeness (QED) is 0.803. The standard InChI is InChI=1S/C14H16ClNO5/c1-20-11-5-9(15)4-10(14(18)19)13(11)21-7-12(17)16-6-8-2-3-8/h4-5,8H,2-3,6-7H2,1H3,(H,16,17)(H,18,19). The molecule has 1 fully saturated rings. The van der Waals surface area contributed by atoms with Crippen LogP contribution in [0.5, 0.6) is 11.5 Å². The number of carboxylic acid groups (broad SMARTS) is 1. The van der Waals surface area contributed by atoms with E-state index >= 15 is 0 Å². The first kappa shape index (κ1) is 15.4. The second-order valence-electron chi connectivity index (χ2n) is 4.83. The Morgan fingerprint density at radius 3 is 2.71 bits per heavy atom. The van der Waals surface area contributed by atoms with Gasteiger partial charge in [0, 0.05) is 17.6 Å². The Morgan fingerprint density at radius 1 is 1.43 bits per heavy atom. The molecule has 1 aromatic carbocycles. The molecule has 2 N–H and O–H groups in total. The summed E-state index contributed by atoms with van der Waals surface area (Å²) in [6.45, 7) is 0.358. The summed E-state index contributed by atoms with van der Waals surface area (Å²) in [5.74, 6) is -0.765. The van der Waals surface area contributed by atoms with Crippen molar-refractivity contribution >= 4 is 23.5 Å². The number of ether oxygens (including phenoxy) is 2. The lowest BCUT2D eigenvalue weighted by molar-refractivity contribution is -0.123. The van der Waals surface area contributed by atoms with E-state index in [0.717, 1.165) is 12.8 Å². The Labute approximate surface area is 127 Å². The molecule has 2 rings (SSSR count). The van der Waals surface area contributed by atoms with Crippen molar-refractivity contribution in [2.75, 3.05) is 20.3 Å². The number of hydrogen-bond acceptors (Lipinski definition) is 4. The maximum absolute atomic E-state index is 11.6. The van der Waals surface area contributed by atoms with Gasteiger partial charge >= 0.3 is 5.97 Å². The lowest BCUT2D eigenvalue weighted by Gasteiger charge is -2.13. The van der Waals surface area contributed by atoms with Gasteiger partial charge in [-0.2, -0.15) is 0 Å². The third-order valence-corrected chi connectivity index (χ3v) is 3.32. The van der Waals surface area contributed by atoms with Gasteiger partial charge in [0.1, 0.15) is 5.56 Å². The van der Waals surface area contributed by atoms with Gasteiger partial charge in [-0.3, -0.25) is 4.79 Å². The minimum absolute atomic E-state index is 0.00373. The molecule has 114 valence electrons. The molecule has 0 atom stereocenters. The number of benzene rings is 1. The van der Waals surface area contributed by atoms with Crippen LogP contribution in [0.2, 0.25) is 5.02 Å². The molecule has 0 aromatic heterocycles. The zero-order valence-corrected chi connectivity index (χ0v) is 12.3. The van der Waals surface area contributed by atoms with Gasteiger partial charge in [-0.15, -0.1) is 0 Å². The van der Waals surface area contributed by atoms with Crippen molar-refractivity contribution in [2.45, 2.75) is 12.8 Å². The SMILES string of the molecule is COc1cc(Cl)cc(C(=O)O)c1OCC(=O)NCC1CC1. The van der Waals surface area contributed by atoms with Crippen LogP contribution in [-0.2, 0) is 4.79 Å². The zero-order valence-electron chi connectivity index (χ0n) is 11.5. The van der Waals surface area contributed by atoms with Crippen LogP contribution in [0.4, 0.5) is 0 Å². The summed E-state index contributed by atoms with van der Waals surface area (Å²) in [5, 5.41) is 12.1. The maximum Gasteiger partial charge on any atom is 0.339 e. The largest absolute Gasteiger partial charge is 0.493 e. The van der Waals surface area contributed by atoms with Crippen molar-refractivity contribution in [3.63, 3.8) is 0 Å². The number of carboxylic acids is 1. The molecule has 0 unspecified atom stereocenters. The molecule has 6 nitrogen and oxygen atoms in total. The topological polar surface area (TPSA) is 84.9 Å². The molecule has 1 aromatic rings. The van der Waals surface area contributed by atoms with E-state index < -0.39 is 5.97 Å². The molecule has 0 bridgehead atoms. The molecule has 0 radical (unpaired) electrons. The van der Waals surface area contributed by atoms with Crippen LogP contribution in [0.1, 0.15) is 23.2 Å². The lowest BCUT2D eigenvalue weighted by Crippen LogP contribution is -2.30. The summed E-state index contributed by atoms with van der Waals surface area (Å²) in [6, 6.07) is 2.69. The normalized spacial score (nSPS) is 13.6. The zero-order chi connectivity index (χ0) is 15.4. The minimum Gasteiger partial charge on any atom is -0.493 e. The highest BCUT2D eigenvalue weighted by molar-refractivity contribution is 6.31. The third-order valence-electron chi connectivity index (χ3n) is 3.10.